The molecule has 3 nitrogen and oxygen atoms in total. The van der Waals surface area contributed by atoms with E-state index in [4.69, 9.17) is 11.6 Å². The molecule has 0 amide bonds. The van der Waals surface area contributed by atoms with E-state index in [2.05, 4.69) is 21.7 Å². The zero-order valence-corrected chi connectivity index (χ0v) is 10.1. The molecule has 1 aromatic rings. The van der Waals surface area contributed by atoms with Gasteiger partial charge in [0.1, 0.15) is 0 Å². The third-order valence-electron chi connectivity index (χ3n) is 1.98. The van der Waals surface area contributed by atoms with Gasteiger partial charge in [0.05, 0.1) is 11.3 Å². The maximum atomic E-state index is 12.5. The number of allylic oxidation sites excluding steroid dienone is 1. The lowest BCUT2D eigenvalue weighted by molar-refractivity contribution is -0.137. The Bertz CT molecular complexity index is 507. The number of hydrogen-bond donors (Lipinski definition) is 0. The molecule has 0 aliphatic heterocycles. The Kier molecular flexibility index (Phi) is 4.61. The highest BCUT2D eigenvalue weighted by Crippen LogP contribution is 2.30. The van der Waals surface area contributed by atoms with Gasteiger partial charge in [-0.3, -0.25) is 4.98 Å². The summed E-state index contributed by atoms with van der Waals surface area (Å²) >= 11 is 5.56. The van der Waals surface area contributed by atoms with Crippen molar-refractivity contribution in [3.63, 3.8) is 0 Å². The first-order chi connectivity index (χ1) is 8.38. The van der Waals surface area contributed by atoms with Crippen molar-refractivity contribution in [2.45, 2.75) is 13.1 Å². The number of hydrogen-bond acceptors (Lipinski definition) is 2. The monoisotopic (exact) mass is 275 g/mol. The van der Waals surface area contributed by atoms with Crippen molar-refractivity contribution < 1.29 is 13.2 Å². The van der Waals surface area contributed by atoms with Gasteiger partial charge in [-0.05, 0) is 31.3 Å². The van der Waals surface area contributed by atoms with Gasteiger partial charge in [-0.15, -0.1) is 0 Å². The Balaban J connectivity index is 3.21. The largest absolute Gasteiger partial charge is 0.417 e. The first-order valence-corrected chi connectivity index (χ1v) is 5.16. The van der Waals surface area contributed by atoms with Crippen LogP contribution in [0.15, 0.2) is 34.5 Å². The van der Waals surface area contributed by atoms with E-state index < -0.39 is 11.7 Å². The third-order valence-corrected chi connectivity index (χ3v) is 2.18. The molecule has 96 valence electrons. The van der Waals surface area contributed by atoms with Crippen LogP contribution in [-0.2, 0) is 6.18 Å². The van der Waals surface area contributed by atoms with Crippen molar-refractivity contribution in [3.8, 4) is 0 Å². The first kappa shape index (κ1) is 14.4. The Morgan fingerprint density at radius 1 is 1.44 bits per heavy atom. The normalized spacial score (nSPS) is 13.6. The molecule has 0 fully saturated rings. The number of amidine groups is 1. The molecule has 0 aromatic carbocycles. The van der Waals surface area contributed by atoms with E-state index >= 15 is 0 Å². The van der Waals surface area contributed by atoms with E-state index in [9.17, 15) is 13.2 Å². The van der Waals surface area contributed by atoms with Gasteiger partial charge in [-0.1, -0.05) is 6.08 Å². The van der Waals surface area contributed by atoms with Gasteiger partial charge < -0.3 is 0 Å². The highest BCUT2D eigenvalue weighted by molar-refractivity contribution is 6.65. The van der Waals surface area contributed by atoms with Crippen LogP contribution in [0, 0.1) is 0 Å². The van der Waals surface area contributed by atoms with Crippen LogP contribution in [0.25, 0.3) is 5.70 Å². The predicted molar refractivity (Wildman–Crippen MR) is 65.7 cm³/mol. The molecule has 0 bridgehead atoms. The van der Waals surface area contributed by atoms with E-state index in [1.54, 1.807) is 6.92 Å². The Morgan fingerprint density at radius 3 is 2.61 bits per heavy atom. The van der Waals surface area contributed by atoms with Crippen LogP contribution in [0.3, 0.4) is 0 Å². The molecule has 0 aliphatic rings. The SMILES string of the molecule is C=N/C(Cl)=N\C(=C/C)c1cncc(C(F)(F)F)c1. The number of pyridine rings is 1. The number of aliphatic imine (C=N–C) groups is 2. The minimum absolute atomic E-state index is 0.152. The zero-order valence-electron chi connectivity index (χ0n) is 9.37. The fraction of sp³-hybridized carbons (Fsp3) is 0.182. The molecule has 0 radical (unpaired) electrons. The molecule has 0 saturated heterocycles. The third kappa shape index (κ3) is 3.66. The van der Waals surface area contributed by atoms with E-state index in [1.165, 1.54) is 12.3 Å². The summed E-state index contributed by atoms with van der Waals surface area (Å²) in [6.07, 6.45) is -0.939. The molecule has 0 spiro atoms. The second-order valence-electron chi connectivity index (χ2n) is 3.17. The maximum Gasteiger partial charge on any atom is 0.417 e. The molecule has 0 aliphatic carbocycles. The summed E-state index contributed by atoms with van der Waals surface area (Å²) in [7, 11) is 0. The summed E-state index contributed by atoms with van der Waals surface area (Å²) in [6, 6.07) is 0.944. The first-order valence-electron chi connectivity index (χ1n) is 4.78. The Morgan fingerprint density at radius 2 is 2.11 bits per heavy atom. The van der Waals surface area contributed by atoms with Crippen LogP contribution in [0.1, 0.15) is 18.1 Å². The lowest BCUT2D eigenvalue weighted by atomic mass is 10.1. The molecule has 0 saturated carbocycles. The van der Waals surface area contributed by atoms with Gasteiger partial charge in [0.25, 0.3) is 0 Å². The molecular weight excluding hydrogens is 267 g/mol. The van der Waals surface area contributed by atoms with Crippen LogP contribution >= 0.6 is 11.6 Å². The van der Waals surface area contributed by atoms with Crippen molar-refractivity contribution in [3.05, 3.63) is 35.7 Å². The van der Waals surface area contributed by atoms with Crippen molar-refractivity contribution >= 4 is 29.3 Å². The Labute approximate surface area is 107 Å². The van der Waals surface area contributed by atoms with Gasteiger partial charge in [-0.25, -0.2) is 9.98 Å². The van der Waals surface area contributed by atoms with Crippen LogP contribution in [0.4, 0.5) is 13.2 Å². The lowest BCUT2D eigenvalue weighted by Gasteiger charge is -2.08. The fourth-order valence-electron chi connectivity index (χ4n) is 1.17. The van der Waals surface area contributed by atoms with Crippen molar-refractivity contribution in [1.82, 2.24) is 4.98 Å². The highest BCUT2D eigenvalue weighted by atomic mass is 35.5. The quantitative estimate of drug-likeness (QED) is 0.460. The van der Waals surface area contributed by atoms with Crippen LogP contribution in [0.2, 0.25) is 0 Å². The van der Waals surface area contributed by atoms with E-state index in [-0.39, 0.29) is 16.6 Å². The average molecular weight is 276 g/mol. The second-order valence-corrected chi connectivity index (χ2v) is 3.51. The average Bonchev–Trinajstić information content (AvgIpc) is 2.34. The standard InChI is InChI=1S/C11H9ClF3N3/c1-3-9(18-10(12)16-2)7-4-8(6-17-5-7)11(13,14)15/h3-6H,2H2,1H3/b9-3-,18-10-. The fourth-order valence-corrected chi connectivity index (χ4v) is 1.26. The number of aromatic nitrogens is 1. The van der Waals surface area contributed by atoms with Crippen molar-refractivity contribution in [2.24, 2.45) is 9.98 Å². The zero-order chi connectivity index (χ0) is 13.8. The van der Waals surface area contributed by atoms with Crippen LogP contribution < -0.4 is 0 Å². The molecule has 18 heavy (non-hydrogen) atoms. The number of rotatable bonds is 2. The minimum atomic E-state index is -4.45. The van der Waals surface area contributed by atoms with E-state index in [1.807, 2.05) is 0 Å². The number of halogens is 4. The maximum absolute atomic E-state index is 12.5. The second kappa shape index (κ2) is 5.77. The van der Waals surface area contributed by atoms with Gasteiger partial charge in [0, 0.05) is 18.0 Å². The molecular formula is C11H9ClF3N3. The number of alkyl halides is 3. The van der Waals surface area contributed by atoms with Gasteiger partial charge in [0.15, 0.2) is 0 Å². The smallest absolute Gasteiger partial charge is 0.263 e. The van der Waals surface area contributed by atoms with E-state index in [0.717, 1.165) is 12.3 Å². The van der Waals surface area contributed by atoms with Gasteiger partial charge >= 0.3 is 6.18 Å². The molecule has 1 heterocycles. The van der Waals surface area contributed by atoms with Crippen LogP contribution in [0.5, 0.6) is 0 Å². The predicted octanol–water partition coefficient (Wildman–Crippen LogP) is 3.76. The van der Waals surface area contributed by atoms with Crippen LogP contribution in [-0.4, -0.2) is 17.0 Å². The summed E-state index contributed by atoms with van der Waals surface area (Å²) < 4.78 is 37.5. The topological polar surface area (TPSA) is 37.6 Å². The highest BCUT2D eigenvalue weighted by Gasteiger charge is 2.31. The van der Waals surface area contributed by atoms with E-state index in [0.29, 0.717) is 0 Å². The van der Waals surface area contributed by atoms with Crippen molar-refractivity contribution in [1.29, 1.82) is 0 Å². The summed E-state index contributed by atoms with van der Waals surface area (Å²) in [4.78, 5) is 10.7. The van der Waals surface area contributed by atoms with Gasteiger partial charge in [0.2, 0.25) is 5.29 Å². The summed E-state index contributed by atoms with van der Waals surface area (Å²) in [6.45, 7) is 4.78. The van der Waals surface area contributed by atoms with Crippen molar-refractivity contribution in [2.75, 3.05) is 0 Å². The molecule has 7 heteroatoms. The summed E-state index contributed by atoms with van der Waals surface area (Å²) in [5.41, 5.74) is -0.405. The Hall–Kier alpha value is -1.69. The molecule has 1 aromatic heterocycles. The summed E-state index contributed by atoms with van der Waals surface area (Å²) in [5.74, 6) is 0. The van der Waals surface area contributed by atoms with Gasteiger partial charge in [-0.2, -0.15) is 13.2 Å². The molecule has 1 rings (SSSR count). The molecule has 0 atom stereocenters. The lowest BCUT2D eigenvalue weighted by Crippen LogP contribution is -2.06. The molecule has 0 unspecified atom stereocenters. The molecule has 0 N–H and O–H groups in total. The summed E-state index contributed by atoms with van der Waals surface area (Å²) in [5, 5.41) is -0.152. The minimum Gasteiger partial charge on any atom is -0.263 e. The number of nitrogens with zero attached hydrogens (tertiary/aromatic N) is 3.